The molecule has 2 aromatic heterocycles. The van der Waals surface area contributed by atoms with Crippen molar-refractivity contribution in [1.29, 1.82) is 0 Å². The summed E-state index contributed by atoms with van der Waals surface area (Å²) in [5.74, 6) is 2.60. The number of hydrogen-bond donors (Lipinski definition) is 1. The van der Waals surface area contributed by atoms with E-state index in [-0.39, 0.29) is 5.91 Å². The van der Waals surface area contributed by atoms with Gasteiger partial charge >= 0.3 is 0 Å². The second-order valence-corrected chi connectivity index (χ2v) is 8.80. The number of carbonyl (C=O) groups is 1. The van der Waals surface area contributed by atoms with Crippen molar-refractivity contribution in [1.82, 2.24) is 19.9 Å². The van der Waals surface area contributed by atoms with Crippen molar-refractivity contribution < 1.29 is 18.8 Å². The van der Waals surface area contributed by atoms with E-state index in [1.807, 2.05) is 66.1 Å². The molecule has 176 valence electrons. The molecule has 2 aromatic carbocycles. The number of hydrogen-bond acceptors (Lipinski definition) is 8. The van der Waals surface area contributed by atoms with Crippen LogP contribution in [0.15, 0.2) is 70.3 Å². The highest BCUT2D eigenvalue weighted by Crippen LogP contribution is 2.33. The normalized spacial score (nSPS) is 12.7. The van der Waals surface area contributed by atoms with E-state index in [1.54, 1.807) is 27.0 Å². The van der Waals surface area contributed by atoms with Crippen LogP contribution >= 0.6 is 11.8 Å². The lowest BCUT2D eigenvalue weighted by Gasteiger charge is -2.18. The third kappa shape index (κ3) is 5.23. The summed E-state index contributed by atoms with van der Waals surface area (Å²) in [5, 5.41) is 15.5. The fourth-order valence-electron chi connectivity index (χ4n) is 3.26. The van der Waals surface area contributed by atoms with Gasteiger partial charge in [0.25, 0.3) is 0 Å². The zero-order chi connectivity index (χ0) is 24.1. The predicted molar refractivity (Wildman–Crippen MR) is 129 cm³/mol. The van der Waals surface area contributed by atoms with Crippen LogP contribution < -0.4 is 14.8 Å². The van der Waals surface area contributed by atoms with E-state index < -0.39 is 11.4 Å². The summed E-state index contributed by atoms with van der Waals surface area (Å²) in [6, 6.07) is 18.8. The van der Waals surface area contributed by atoms with Crippen molar-refractivity contribution in [2.75, 3.05) is 12.4 Å². The molecule has 0 bridgehead atoms. The Labute approximate surface area is 201 Å². The highest BCUT2D eigenvalue weighted by molar-refractivity contribution is 8.00. The maximum Gasteiger partial charge on any atom is 0.238 e. The second kappa shape index (κ2) is 10.4. The average molecular weight is 480 g/mol. The highest BCUT2D eigenvalue weighted by atomic mass is 32.2. The monoisotopic (exact) mass is 479 g/mol. The Morgan fingerprint density at radius 3 is 2.44 bits per heavy atom. The summed E-state index contributed by atoms with van der Waals surface area (Å²) < 4.78 is 18.5. The molecule has 34 heavy (non-hydrogen) atoms. The Balaban J connectivity index is 1.60. The molecule has 10 heteroatoms. The van der Waals surface area contributed by atoms with Gasteiger partial charge in [0.2, 0.25) is 5.91 Å². The van der Waals surface area contributed by atoms with E-state index in [2.05, 4.69) is 20.7 Å². The number of anilines is 1. The highest BCUT2D eigenvalue weighted by Gasteiger charge is 2.25. The predicted octanol–water partition coefficient (Wildman–Crippen LogP) is 4.83. The Hall–Kier alpha value is -3.79. The molecule has 2 heterocycles. The van der Waals surface area contributed by atoms with Crippen molar-refractivity contribution >= 4 is 23.5 Å². The lowest BCUT2D eigenvalue weighted by molar-refractivity contribution is -0.115. The molecular weight excluding hydrogens is 454 g/mol. The Kier molecular flexibility index (Phi) is 7.17. The molecule has 2 unspecified atom stereocenters. The first-order valence-corrected chi connectivity index (χ1v) is 11.6. The minimum atomic E-state index is -0.470. The summed E-state index contributed by atoms with van der Waals surface area (Å²) in [5.41, 5.74) is 0.861. The first-order chi connectivity index (χ1) is 16.5. The van der Waals surface area contributed by atoms with E-state index in [1.165, 1.54) is 11.8 Å². The first-order valence-electron chi connectivity index (χ1n) is 10.7. The van der Waals surface area contributed by atoms with Gasteiger partial charge in [-0.2, -0.15) is 0 Å². The molecule has 1 N–H and O–H groups in total. The molecule has 0 aliphatic rings. The van der Waals surface area contributed by atoms with Crippen LogP contribution in [0, 0.1) is 6.92 Å². The third-order valence-electron chi connectivity index (χ3n) is 4.94. The zero-order valence-electron chi connectivity index (χ0n) is 19.3. The molecule has 4 aromatic rings. The number of amides is 1. The maximum atomic E-state index is 12.7. The molecule has 0 radical (unpaired) electrons. The molecule has 4 rings (SSSR count). The van der Waals surface area contributed by atoms with Crippen molar-refractivity contribution in [3.05, 3.63) is 72.2 Å². The van der Waals surface area contributed by atoms with E-state index in [0.29, 0.717) is 34.1 Å². The molecule has 1 amide bonds. The summed E-state index contributed by atoms with van der Waals surface area (Å²) in [6.07, 6.45) is -0.444. The van der Waals surface area contributed by atoms with Gasteiger partial charge in [-0.3, -0.25) is 9.36 Å². The van der Waals surface area contributed by atoms with Gasteiger partial charge in [0.05, 0.1) is 12.4 Å². The van der Waals surface area contributed by atoms with E-state index >= 15 is 0 Å². The van der Waals surface area contributed by atoms with Gasteiger partial charge in [0, 0.05) is 11.8 Å². The van der Waals surface area contributed by atoms with Crippen LogP contribution in [0.4, 0.5) is 5.82 Å². The molecule has 0 spiro atoms. The number of benzene rings is 2. The number of carbonyl (C=O) groups excluding carboxylic acids is 1. The van der Waals surface area contributed by atoms with Crippen molar-refractivity contribution in [3.8, 4) is 17.2 Å². The molecule has 2 atom stereocenters. The fraction of sp³-hybridized carbons (Fsp3) is 0.250. The van der Waals surface area contributed by atoms with Gasteiger partial charge in [-0.25, -0.2) is 0 Å². The molecular formula is C24H25N5O4S. The summed E-state index contributed by atoms with van der Waals surface area (Å²) in [4.78, 5) is 12.7. The molecule has 0 saturated heterocycles. The minimum Gasteiger partial charge on any atom is -0.493 e. The van der Waals surface area contributed by atoms with Crippen LogP contribution in [0.5, 0.6) is 11.5 Å². The van der Waals surface area contributed by atoms with Crippen molar-refractivity contribution in [2.24, 2.45) is 0 Å². The second-order valence-electron chi connectivity index (χ2n) is 7.49. The summed E-state index contributed by atoms with van der Waals surface area (Å²) in [6.45, 7) is 5.46. The van der Waals surface area contributed by atoms with Gasteiger partial charge in [-0.1, -0.05) is 47.3 Å². The van der Waals surface area contributed by atoms with Crippen LogP contribution in [0.25, 0.3) is 5.69 Å². The SMILES string of the molecule is COc1ccccc1OC(C)c1nnc(SC(C)C(=O)Nc2cc(C)on2)n1-c1ccccc1. The quantitative estimate of drug-likeness (QED) is 0.340. The van der Waals surface area contributed by atoms with Crippen LogP contribution in [-0.4, -0.2) is 38.2 Å². The molecule has 0 aliphatic carbocycles. The van der Waals surface area contributed by atoms with Gasteiger partial charge in [0.15, 0.2) is 34.4 Å². The van der Waals surface area contributed by atoms with Gasteiger partial charge in [-0.05, 0) is 45.0 Å². The number of nitrogens with zero attached hydrogens (tertiary/aromatic N) is 4. The van der Waals surface area contributed by atoms with Crippen molar-refractivity contribution in [3.63, 3.8) is 0 Å². The minimum absolute atomic E-state index is 0.221. The number of methoxy groups -OCH3 is 1. The summed E-state index contributed by atoms with van der Waals surface area (Å²) >= 11 is 1.29. The van der Waals surface area contributed by atoms with Crippen LogP contribution in [0.1, 0.15) is 31.5 Å². The number of para-hydroxylation sites is 3. The van der Waals surface area contributed by atoms with Crippen LogP contribution in [0.3, 0.4) is 0 Å². The lowest BCUT2D eigenvalue weighted by Crippen LogP contribution is -2.23. The number of rotatable bonds is 9. The smallest absolute Gasteiger partial charge is 0.238 e. The van der Waals surface area contributed by atoms with Gasteiger partial charge in [0.1, 0.15) is 5.76 Å². The van der Waals surface area contributed by atoms with E-state index in [0.717, 1.165) is 5.69 Å². The number of ether oxygens (including phenoxy) is 2. The number of nitrogens with one attached hydrogen (secondary N) is 1. The van der Waals surface area contributed by atoms with Gasteiger partial charge in [-0.15, -0.1) is 10.2 Å². The molecule has 9 nitrogen and oxygen atoms in total. The zero-order valence-corrected chi connectivity index (χ0v) is 20.1. The molecule has 0 saturated carbocycles. The Morgan fingerprint density at radius 2 is 1.76 bits per heavy atom. The summed E-state index contributed by atoms with van der Waals surface area (Å²) in [7, 11) is 1.60. The molecule has 0 fully saturated rings. The van der Waals surface area contributed by atoms with Gasteiger partial charge < -0.3 is 19.3 Å². The first kappa shape index (κ1) is 23.4. The van der Waals surface area contributed by atoms with Crippen LogP contribution in [-0.2, 0) is 4.79 Å². The Morgan fingerprint density at radius 1 is 1.06 bits per heavy atom. The Bertz CT molecular complexity index is 1260. The number of aromatic nitrogens is 4. The van der Waals surface area contributed by atoms with Crippen LogP contribution in [0.2, 0.25) is 0 Å². The van der Waals surface area contributed by atoms with E-state index in [4.69, 9.17) is 14.0 Å². The lowest BCUT2D eigenvalue weighted by atomic mass is 10.3. The third-order valence-corrected chi connectivity index (χ3v) is 5.98. The largest absolute Gasteiger partial charge is 0.493 e. The maximum absolute atomic E-state index is 12.7. The standard InChI is InChI=1S/C24H25N5O4S/c1-15-14-21(28-33-15)25-23(30)17(3)34-24-27-26-22(29(24)18-10-6-5-7-11-18)16(2)32-20-13-9-8-12-19(20)31-4/h5-14,16-17H,1-4H3,(H,25,28,30). The number of aryl methyl sites for hydroxylation is 1. The fourth-order valence-corrected chi connectivity index (χ4v) is 4.14. The average Bonchev–Trinajstić information content (AvgIpc) is 3.45. The number of thioether (sulfide) groups is 1. The van der Waals surface area contributed by atoms with Crippen molar-refractivity contribution in [2.45, 2.75) is 37.3 Å². The molecule has 0 aliphatic heterocycles. The van der Waals surface area contributed by atoms with E-state index in [9.17, 15) is 4.79 Å². The topological polar surface area (TPSA) is 104 Å².